The molecule has 2 aromatic rings. The van der Waals surface area contributed by atoms with Gasteiger partial charge in [-0.3, -0.25) is 19.1 Å². The number of hydrogen-bond donors (Lipinski definition) is 3. The Hall–Kier alpha value is -4.31. The molecule has 3 saturated carbocycles. The third-order valence-electron chi connectivity index (χ3n) is 12.5. The molecule has 3 aliphatic carbocycles. The van der Waals surface area contributed by atoms with Crippen LogP contribution in [0.4, 0.5) is 4.79 Å². The first kappa shape index (κ1) is 42.8. The van der Waals surface area contributed by atoms with Gasteiger partial charge in [0.05, 0.1) is 32.1 Å². The van der Waals surface area contributed by atoms with E-state index in [0.717, 1.165) is 24.8 Å². The molecule has 4 fully saturated rings. The lowest BCUT2D eigenvalue weighted by Crippen LogP contribution is -2.59. The number of methoxy groups -OCH3 is 1. The van der Waals surface area contributed by atoms with Crippen LogP contribution in [0.1, 0.15) is 97.0 Å². The minimum absolute atomic E-state index is 0.00888. The van der Waals surface area contributed by atoms with Gasteiger partial charge in [-0.05, 0) is 81.3 Å². The van der Waals surface area contributed by atoms with Gasteiger partial charge in [0.15, 0.2) is 0 Å². The van der Waals surface area contributed by atoms with Crippen LogP contribution in [0.25, 0.3) is 10.9 Å². The number of rotatable bonds is 10. The maximum absolute atomic E-state index is 15.0. The van der Waals surface area contributed by atoms with Crippen molar-refractivity contribution in [2.45, 2.75) is 127 Å². The summed E-state index contributed by atoms with van der Waals surface area (Å²) in [6.07, 6.45) is 7.24. The van der Waals surface area contributed by atoms with E-state index in [9.17, 15) is 27.6 Å². The molecule has 1 unspecified atom stereocenters. The van der Waals surface area contributed by atoms with Crippen molar-refractivity contribution < 1.29 is 46.5 Å². The number of alkyl carbamates (subject to hydrolysis) is 1. The number of nitrogens with zero attached hydrogens (tertiary/aromatic N) is 2. The van der Waals surface area contributed by atoms with E-state index in [1.807, 2.05) is 26.8 Å². The third kappa shape index (κ3) is 9.08. The Labute approximate surface area is 350 Å². The number of amides is 4. The van der Waals surface area contributed by atoms with Crippen LogP contribution in [0, 0.1) is 17.3 Å². The number of benzene rings is 1. The first-order valence-electron chi connectivity index (χ1n) is 20.8. The molecule has 17 heteroatoms. The van der Waals surface area contributed by atoms with Crippen LogP contribution in [0.2, 0.25) is 5.02 Å². The van der Waals surface area contributed by atoms with Crippen molar-refractivity contribution in [2.24, 2.45) is 17.3 Å². The van der Waals surface area contributed by atoms with E-state index in [2.05, 4.69) is 21.9 Å². The van der Waals surface area contributed by atoms with Gasteiger partial charge in [0, 0.05) is 23.8 Å². The van der Waals surface area contributed by atoms with Crippen molar-refractivity contribution in [3.63, 3.8) is 0 Å². The van der Waals surface area contributed by atoms with Crippen LogP contribution < -0.4 is 29.6 Å². The number of halogens is 1. The molecule has 322 valence electrons. The van der Waals surface area contributed by atoms with E-state index in [1.165, 1.54) is 11.0 Å². The SMILES string of the molecule is C=C[C@H]1CC1(NC(=O)[C@@H]1C[C@@H]2CN1C(=O)[C@H](C1CCCCC1)NC(=O)OCC(C)(C)CCCc1cc3c(cc(OCC)nc3c(Cl)c1OC)O2)C(=O)NS(=O)(=O)C1CC1. The van der Waals surface area contributed by atoms with E-state index in [4.69, 9.17) is 35.5 Å². The summed E-state index contributed by atoms with van der Waals surface area (Å²) in [7, 11) is -2.38. The maximum Gasteiger partial charge on any atom is 0.407 e. The summed E-state index contributed by atoms with van der Waals surface area (Å²) in [6, 6.07) is 1.44. The average Bonchev–Trinajstić information content (AvgIpc) is 4.13. The number of carbonyl (C=O) groups is 4. The molecule has 2 aliphatic heterocycles. The number of cyclic esters (lactones) is 1. The minimum atomic E-state index is -3.92. The van der Waals surface area contributed by atoms with Crippen molar-refractivity contribution in [1.82, 2.24) is 25.2 Å². The number of hydrogen-bond acceptors (Lipinski definition) is 11. The highest BCUT2D eigenvalue weighted by molar-refractivity contribution is 7.91. The number of aryl methyl sites for hydroxylation is 1. The quantitative estimate of drug-likeness (QED) is 0.261. The van der Waals surface area contributed by atoms with Crippen molar-refractivity contribution in [3.05, 3.63) is 35.4 Å². The lowest BCUT2D eigenvalue weighted by molar-refractivity contribution is -0.142. The van der Waals surface area contributed by atoms with E-state index in [0.29, 0.717) is 74.0 Å². The zero-order valence-corrected chi connectivity index (χ0v) is 35.8. The Morgan fingerprint density at radius 2 is 1.88 bits per heavy atom. The topological polar surface area (TPSA) is 192 Å². The van der Waals surface area contributed by atoms with Crippen molar-refractivity contribution >= 4 is 56.3 Å². The van der Waals surface area contributed by atoms with E-state index >= 15 is 0 Å². The van der Waals surface area contributed by atoms with Gasteiger partial charge < -0.3 is 34.5 Å². The molecule has 15 nitrogen and oxygen atoms in total. The number of nitrogens with one attached hydrogen (secondary N) is 3. The standard InChI is InChI=1S/C42H56ClN5O10S/c1-6-26-21-42(26,39(51)47-59(53,54)28-15-16-28)46-37(49)30-19-27-22-48(30)38(50)34(24-12-9-8-10-13-24)45-40(52)57-23-41(3,4)17-11-14-25-18-29-31(58-27)20-32(56-7-2)44-35(29)33(43)36(25)55-5/h6,18,20,24,26-28,30,34H,1,7-17,19,21-23H2,2-5H3,(H,45,52)(H,46,49)(H,47,51)/t26-,27+,30-,34-,42?/m0/s1. The van der Waals surface area contributed by atoms with Crippen molar-refractivity contribution in [1.29, 1.82) is 0 Å². The van der Waals surface area contributed by atoms with Crippen LogP contribution in [0.5, 0.6) is 17.4 Å². The molecule has 4 bridgehead atoms. The minimum Gasteiger partial charge on any atom is -0.495 e. The van der Waals surface area contributed by atoms with Gasteiger partial charge in [0.25, 0.3) is 5.91 Å². The summed E-state index contributed by atoms with van der Waals surface area (Å²) in [5, 5.41) is 5.97. The molecular formula is C42H56ClN5O10S. The van der Waals surface area contributed by atoms with Gasteiger partial charge in [0.1, 0.15) is 45.8 Å². The highest BCUT2D eigenvalue weighted by Crippen LogP contribution is 2.46. The highest BCUT2D eigenvalue weighted by atomic mass is 35.5. The monoisotopic (exact) mass is 857 g/mol. The van der Waals surface area contributed by atoms with Crippen molar-refractivity contribution in [3.8, 4) is 17.4 Å². The fourth-order valence-electron chi connectivity index (χ4n) is 8.89. The lowest BCUT2D eigenvalue weighted by atomic mass is 9.83. The highest BCUT2D eigenvalue weighted by Gasteiger charge is 2.62. The Morgan fingerprint density at radius 1 is 1.14 bits per heavy atom. The second-order valence-electron chi connectivity index (χ2n) is 17.4. The molecule has 1 aromatic carbocycles. The number of sulfonamides is 1. The lowest BCUT2D eigenvalue weighted by Gasteiger charge is -2.35. The average molecular weight is 858 g/mol. The van der Waals surface area contributed by atoms with Gasteiger partial charge in [-0.25, -0.2) is 18.2 Å². The Morgan fingerprint density at radius 3 is 2.54 bits per heavy atom. The Balaban J connectivity index is 1.28. The van der Waals surface area contributed by atoms with Gasteiger partial charge in [-0.1, -0.05) is 50.8 Å². The molecule has 4 amide bonds. The summed E-state index contributed by atoms with van der Waals surface area (Å²) in [6.45, 7) is 10.0. The Bertz CT molecular complexity index is 2110. The summed E-state index contributed by atoms with van der Waals surface area (Å²) < 4.78 is 52.0. The van der Waals surface area contributed by atoms with Crippen LogP contribution >= 0.6 is 11.6 Å². The van der Waals surface area contributed by atoms with Crippen LogP contribution in [0.3, 0.4) is 0 Å². The second-order valence-corrected chi connectivity index (χ2v) is 19.8. The molecule has 3 N–H and O–H groups in total. The third-order valence-corrected chi connectivity index (χ3v) is 14.6. The molecule has 0 spiro atoms. The molecule has 1 saturated heterocycles. The molecule has 5 atom stereocenters. The molecule has 3 heterocycles. The van der Waals surface area contributed by atoms with Gasteiger partial charge in [0.2, 0.25) is 27.7 Å². The molecule has 1 aromatic heterocycles. The molecule has 0 radical (unpaired) electrons. The number of pyridine rings is 1. The summed E-state index contributed by atoms with van der Waals surface area (Å²) in [4.78, 5) is 62.9. The van der Waals surface area contributed by atoms with Gasteiger partial charge in [-0.15, -0.1) is 6.58 Å². The maximum atomic E-state index is 15.0. The number of ether oxygens (including phenoxy) is 4. The van der Waals surface area contributed by atoms with E-state index in [-0.39, 0.29) is 42.8 Å². The number of fused-ring (bicyclic) bond motifs is 3. The fraction of sp³-hybridized carbons (Fsp3) is 0.643. The largest absolute Gasteiger partial charge is 0.495 e. The van der Waals surface area contributed by atoms with Crippen LogP contribution in [-0.2, 0) is 35.6 Å². The molecule has 7 rings (SSSR count). The van der Waals surface area contributed by atoms with Gasteiger partial charge in [-0.2, -0.15) is 0 Å². The predicted octanol–water partition coefficient (Wildman–Crippen LogP) is 5.35. The van der Waals surface area contributed by atoms with Crippen LogP contribution in [-0.4, -0.2) is 98.0 Å². The Kier molecular flexibility index (Phi) is 12.3. The van der Waals surface area contributed by atoms with E-state index in [1.54, 1.807) is 13.2 Å². The van der Waals surface area contributed by atoms with E-state index < -0.39 is 74.1 Å². The summed E-state index contributed by atoms with van der Waals surface area (Å²) in [5.41, 5.74) is -0.769. The normalized spacial score (nSPS) is 27.7. The molecular weight excluding hydrogens is 802 g/mol. The predicted molar refractivity (Wildman–Crippen MR) is 220 cm³/mol. The number of aromatic nitrogens is 1. The summed E-state index contributed by atoms with van der Waals surface area (Å²) in [5.74, 6) is -1.61. The number of carbonyl (C=O) groups excluding carboxylic acids is 4. The van der Waals surface area contributed by atoms with Crippen molar-refractivity contribution in [2.75, 3.05) is 26.9 Å². The first-order chi connectivity index (χ1) is 28.1. The van der Waals surface area contributed by atoms with Gasteiger partial charge >= 0.3 is 6.09 Å². The zero-order chi connectivity index (χ0) is 42.3. The smallest absolute Gasteiger partial charge is 0.407 e. The second kappa shape index (κ2) is 17.0. The first-order valence-corrected chi connectivity index (χ1v) is 22.8. The summed E-state index contributed by atoms with van der Waals surface area (Å²) >= 11 is 7.02. The van der Waals surface area contributed by atoms with Crippen LogP contribution in [0.15, 0.2) is 24.8 Å². The zero-order valence-electron chi connectivity index (χ0n) is 34.3. The molecule has 59 heavy (non-hydrogen) atoms. The molecule has 5 aliphatic rings. The fourth-order valence-corrected chi connectivity index (χ4v) is 10.6.